The zero-order chi connectivity index (χ0) is 9.00. The Morgan fingerprint density at radius 1 is 1.62 bits per heavy atom. The molecule has 0 amide bonds. The van der Waals surface area contributed by atoms with E-state index in [-0.39, 0.29) is 5.92 Å². The highest BCUT2D eigenvalue weighted by atomic mass is 15.3. The standard InChI is InChI=1S/C9H10N4/c1-5(3-10)8-11-12-9-7-2-6(7)4-13(8)9/h5-7H,2,4H2,1H3. The van der Waals surface area contributed by atoms with Crippen LogP contribution in [-0.4, -0.2) is 14.8 Å². The number of rotatable bonds is 1. The summed E-state index contributed by atoms with van der Waals surface area (Å²) in [6, 6.07) is 2.20. The molecule has 1 fully saturated rings. The van der Waals surface area contributed by atoms with Crippen LogP contribution in [-0.2, 0) is 6.54 Å². The van der Waals surface area contributed by atoms with Gasteiger partial charge in [0, 0.05) is 12.5 Å². The summed E-state index contributed by atoms with van der Waals surface area (Å²) in [5.74, 6) is 3.30. The van der Waals surface area contributed by atoms with Gasteiger partial charge in [0.15, 0.2) is 0 Å². The molecule has 0 aromatic carbocycles. The third-order valence-corrected chi connectivity index (χ3v) is 3.06. The molecule has 0 saturated heterocycles. The van der Waals surface area contributed by atoms with Crippen LogP contribution in [0.1, 0.15) is 36.8 Å². The third kappa shape index (κ3) is 0.791. The molecule has 0 radical (unpaired) electrons. The van der Waals surface area contributed by atoms with Crippen LogP contribution >= 0.6 is 0 Å². The van der Waals surface area contributed by atoms with Gasteiger partial charge in [-0.1, -0.05) is 0 Å². The number of aromatic nitrogens is 3. The first-order valence-corrected chi connectivity index (χ1v) is 4.64. The van der Waals surface area contributed by atoms with Crippen molar-refractivity contribution in [3.63, 3.8) is 0 Å². The summed E-state index contributed by atoms with van der Waals surface area (Å²) < 4.78 is 2.13. The monoisotopic (exact) mass is 174 g/mol. The first-order chi connectivity index (χ1) is 6.31. The van der Waals surface area contributed by atoms with E-state index in [9.17, 15) is 0 Å². The van der Waals surface area contributed by atoms with E-state index in [0.717, 1.165) is 24.1 Å². The van der Waals surface area contributed by atoms with Crippen LogP contribution in [0.15, 0.2) is 0 Å². The topological polar surface area (TPSA) is 54.5 Å². The number of hydrogen-bond donors (Lipinski definition) is 0. The average molecular weight is 174 g/mol. The Morgan fingerprint density at radius 2 is 2.46 bits per heavy atom. The number of fused-ring (bicyclic) bond motifs is 3. The Bertz CT molecular complexity index is 400. The summed E-state index contributed by atoms with van der Waals surface area (Å²) in [6.45, 7) is 2.91. The lowest BCUT2D eigenvalue weighted by atomic mass is 10.2. The van der Waals surface area contributed by atoms with Crippen molar-refractivity contribution in [2.24, 2.45) is 5.92 Å². The van der Waals surface area contributed by atoms with Crippen molar-refractivity contribution < 1.29 is 0 Å². The first kappa shape index (κ1) is 7.07. The Kier molecular flexibility index (Phi) is 1.15. The highest BCUT2D eigenvalue weighted by Crippen LogP contribution is 2.53. The third-order valence-electron chi connectivity index (χ3n) is 3.06. The largest absolute Gasteiger partial charge is 0.313 e. The van der Waals surface area contributed by atoms with E-state index < -0.39 is 0 Å². The molecule has 0 N–H and O–H groups in total. The minimum absolute atomic E-state index is 0.126. The summed E-state index contributed by atoms with van der Waals surface area (Å²) in [6.07, 6.45) is 1.28. The molecule has 13 heavy (non-hydrogen) atoms. The number of hydrogen-bond acceptors (Lipinski definition) is 3. The maximum Gasteiger partial charge on any atom is 0.150 e. The van der Waals surface area contributed by atoms with Gasteiger partial charge in [-0.25, -0.2) is 0 Å². The molecular weight excluding hydrogens is 164 g/mol. The van der Waals surface area contributed by atoms with E-state index in [4.69, 9.17) is 5.26 Å². The van der Waals surface area contributed by atoms with E-state index in [1.807, 2.05) is 6.92 Å². The van der Waals surface area contributed by atoms with Gasteiger partial charge in [-0.2, -0.15) is 5.26 Å². The van der Waals surface area contributed by atoms with E-state index in [2.05, 4.69) is 20.8 Å². The van der Waals surface area contributed by atoms with E-state index >= 15 is 0 Å². The second-order valence-corrected chi connectivity index (χ2v) is 3.98. The van der Waals surface area contributed by atoms with Gasteiger partial charge >= 0.3 is 0 Å². The van der Waals surface area contributed by atoms with Crippen LogP contribution in [0.25, 0.3) is 0 Å². The Balaban J connectivity index is 2.06. The van der Waals surface area contributed by atoms with Crippen molar-refractivity contribution in [1.29, 1.82) is 5.26 Å². The van der Waals surface area contributed by atoms with Crippen LogP contribution in [0, 0.1) is 17.2 Å². The van der Waals surface area contributed by atoms with Crippen LogP contribution in [0.3, 0.4) is 0 Å². The SMILES string of the molecule is CC(C#N)c1nnc2n1CC1CC21. The zero-order valence-electron chi connectivity index (χ0n) is 7.44. The van der Waals surface area contributed by atoms with Gasteiger partial charge in [0.05, 0.1) is 6.07 Å². The summed E-state index contributed by atoms with van der Waals surface area (Å²) in [7, 11) is 0. The summed E-state index contributed by atoms with van der Waals surface area (Å²) >= 11 is 0. The molecule has 4 heteroatoms. The molecule has 3 unspecified atom stereocenters. The molecule has 3 atom stereocenters. The molecule has 2 aliphatic rings. The highest BCUT2D eigenvalue weighted by molar-refractivity contribution is 5.21. The molecule has 1 aliphatic carbocycles. The van der Waals surface area contributed by atoms with Crippen molar-refractivity contribution in [3.8, 4) is 6.07 Å². The zero-order valence-corrected chi connectivity index (χ0v) is 7.44. The molecule has 2 heterocycles. The number of nitriles is 1. The normalized spacial score (nSPS) is 30.5. The summed E-state index contributed by atoms with van der Waals surface area (Å²) in [4.78, 5) is 0. The van der Waals surface area contributed by atoms with Crippen molar-refractivity contribution in [3.05, 3.63) is 11.6 Å². The molecule has 0 spiro atoms. The van der Waals surface area contributed by atoms with E-state index in [0.29, 0.717) is 5.92 Å². The fourth-order valence-corrected chi connectivity index (χ4v) is 2.17. The predicted molar refractivity (Wildman–Crippen MR) is 44.9 cm³/mol. The van der Waals surface area contributed by atoms with E-state index in [1.165, 1.54) is 6.42 Å². The van der Waals surface area contributed by atoms with Crippen LogP contribution < -0.4 is 0 Å². The Morgan fingerprint density at radius 3 is 3.23 bits per heavy atom. The maximum atomic E-state index is 8.78. The maximum absolute atomic E-state index is 8.78. The smallest absolute Gasteiger partial charge is 0.150 e. The lowest BCUT2D eigenvalue weighted by Gasteiger charge is -2.04. The molecule has 66 valence electrons. The quantitative estimate of drug-likeness (QED) is 0.638. The molecule has 0 bridgehead atoms. The fourth-order valence-electron chi connectivity index (χ4n) is 2.17. The Labute approximate surface area is 76.2 Å². The molecule has 1 aromatic heterocycles. The second kappa shape index (κ2) is 2.11. The van der Waals surface area contributed by atoms with Gasteiger partial charge in [-0.15, -0.1) is 10.2 Å². The lowest BCUT2D eigenvalue weighted by molar-refractivity contribution is 0.621. The van der Waals surface area contributed by atoms with Crippen molar-refractivity contribution >= 4 is 0 Å². The predicted octanol–water partition coefficient (Wildman–Crippen LogP) is 1.02. The minimum atomic E-state index is -0.126. The average Bonchev–Trinajstić information content (AvgIpc) is 2.63. The summed E-state index contributed by atoms with van der Waals surface area (Å²) in [5, 5.41) is 17.0. The molecule has 1 aromatic rings. The highest BCUT2D eigenvalue weighted by Gasteiger charge is 2.48. The van der Waals surface area contributed by atoms with Crippen molar-refractivity contribution in [1.82, 2.24) is 14.8 Å². The van der Waals surface area contributed by atoms with Gasteiger partial charge in [-0.05, 0) is 19.3 Å². The lowest BCUT2D eigenvalue weighted by Crippen LogP contribution is -2.06. The number of nitrogens with zero attached hydrogens (tertiary/aromatic N) is 4. The van der Waals surface area contributed by atoms with Gasteiger partial charge in [0.1, 0.15) is 17.6 Å². The van der Waals surface area contributed by atoms with Gasteiger partial charge in [-0.3, -0.25) is 0 Å². The second-order valence-electron chi connectivity index (χ2n) is 3.98. The summed E-state index contributed by atoms with van der Waals surface area (Å²) in [5.41, 5.74) is 0. The fraction of sp³-hybridized carbons (Fsp3) is 0.667. The van der Waals surface area contributed by atoms with E-state index in [1.54, 1.807) is 0 Å². The van der Waals surface area contributed by atoms with Crippen LogP contribution in [0.4, 0.5) is 0 Å². The molecule has 1 saturated carbocycles. The molecule has 4 nitrogen and oxygen atoms in total. The molecule has 3 rings (SSSR count). The van der Waals surface area contributed by atoms with Gasteiger partial charge < -0.3 is 4.57 Å². The van der Waals surface area contributed by atoms with Crippen LogP contribution in [0.2, 0.25) is 0 Å². The Hall–Kier alpha value is -1.37. The first-order valence-electron chi connectivity index (χ1n) is 4.64. The van der Waals surface area contributed by atoms with Crippen LogP contribution in [0.5, 0.6) is 0 Å². The van der Waals surface area contributed by atoms with Gasteiger partial charge in [0.2, 0.25) is 0 Å². The minimum Gasteiger partial charge on any atom is -0.313 e. The molecule has 1 aliphatic heterocycles. The van der Waals surface area contributed by atoms with Crippen molar-refractivity contribution in [2.75, 3.05) is 0 Å². The molecular formula is C9H10N4. The van der Waals surface area contributed by atoms with Gasteiger partial charge in [0.25, 0.3) is 0 Å². The van der Waals surface area contributed by atoms with Crippen molar-refractivity contribution in [2.45, 2.75) is 31.7 Å².